The van der Waals surface area contributed by atoms with Gasteiger partial charge >= 0.3 is 0 Å². The molecule has 27 heavy (non-hydrogen) atoms. The molecule has 0 radical (unpaired) electrons. The van der Waals surface area contributed by atoms with Crippen LogP contribution in [0.5, 0.6) is 0 Å². The van der Waals surface area contributed by atoms with Crippen molar-refractivity contribution in [3.05, 3.63) is 58.6 Å². The summed E-state index contributed by atoms with van der Waals surface area (Å²) in [5, 5.41) is 3.48. The topological polar surface area (TPSA) is 76.5 Å². The van der Waals surface area contributed by atoms with Crippen LogP contribution in [0.2, 0.25) is 0 Å². The Morgan fingerprint density at radius 2 is 2.19 bits per heavy atom. The predicted octanol–water partition coefficient (Wildman–Crippen LogP) is 1.66. The van der Waals surface area contributed by atoms with E-state index in [-0.39, 0.29) is 23.1 Å². The zero-order valence-electron chi connectivity index (χ0n) is 15.4. The largest absolute Gasteiger partial charge is 0.373 e. The number of rotatable bonds is 3. The van der Waals surface area contributed by atoms with E-state index in [2.05, 4.69) is 10.3 Å². The fraction of sp³-hybridized carbons (Fsp3) is 0.450. The zero-order chi connectivity index (χ0) is 18.9. The summed E-state index contributed by atoms with van der Waals surface area (Å²) >= 11 is 0. The first kappa shape index (κ1) is 17.7. The Kier molecular flexibility index (Phi) is 4.70. The number of nitrogens with one attached hydrogen (secondary N) is 1. The van der Waals surface area contributed by atoms with Crippen molar-refractivity contribution < 1.29 is 9.53 Å². The van der Waals surface area contributed by atoms with Gasteiger partial charge in [0.05, 0.1) is 12.1 Å². The van der Waals surface area contributed by atoms with Crippen molar-refractivity contribution in [2.75, 3.05) is 25.0 Å². The minimum atomic E-state index is -0.325. The second kappa shape index (κ2) is 7.15. The second-order valence-corrected chi connectivity index (χ2v) is 7.37. The van der Waals surface area contributed by atoms with Gasteiger partial charge in [0.25, 0.3) is 11.5 Å². The third kappa shape index (κ3) is 3.60. The normalized spacial score (nSPS) is 24.9. The first-order valence-corrected chi connectivity index (χ1v) is 9.33. The molecule has 2 atom stereocenters. The fourth-order valence-electron chi connectivity index (χ4n) is 4.05. The van der Waals surface area contributed by atoms with Crippen molar-refractivity contribution in [1.29, 1.82) is 0 Å². The van der Waals surface area contributed by atoms with Crippen molar-refractivity contribution in [1.82, 2.24) is 14.5 Å². The number of carbonyl (C=O) groups is 1. The minimum absolute atomic E-state index is 0.115. The van der Waals surface area contributed by atoms with Crippen molar-refractivity contribution >= 4 is 11.7 Å². The highest BCUT2D eigenvalue weighted by Crippen LogP contribution is 2.35. The maximum atomic E-state index is 12.9. The first-order chi connectivity index (χ1) is 13.1. The van der Waals surface area contributed by atoms with Gasteiger partial charge in [-0.2, -0.15) is 0 Å². The molecular weight excluding hydrogens is 344 g/mol. The van der Waals surface area contributed by atoms with Gasteiger partial charge in [0, 0.05) is 38.5 Å². The number of hydrogen-bond acceptors (Lipinski definition) is 5. The molecule has 2 saturated heterocycles. The number of anilines is 1. The van der Waals surface area contributed by atoms with Gasteiger partial charge in [-0.05, 0) is 37.5 Å². The molecular formula is C20H24N4O3. The van der Waals surface area contributed by atoms with Gasteiger partial charge in [-0.25, -0.2) is 4.98 Å². The molecule has 0 unspecified atom stereocenters. The number of amides is 1. The lowest BCUT2D eigenvalue weighted by Crippen LogP contribution is -2.47. The Labute approximate surface area is 158 Å². The highest BCUT2D eigenvalue weighted by atomic mass is 16.5. The van der Waals surface area contributed by atoms with Gasteiger partial charge in [-0.15, -0.1) is 0 Å². The summed E-state index contributed by atoms with van der Waals surface area (Å²) in [6.07, 6.45) is 4.33. The standard InChI is InChI=1S/C20H24N4O3/c1-23-16(5-4-7-18(23)25)19(26)24-11-9-20(14-24)13-15(8-12-27-20)22-17-6-2-3-10-21-17/h2-7,10,15H,8-9,11-14H2,1H3,(H,21,22)/t15-,20-/m1/s1. The van der Waals surface area contributed by atoms with Crippen LogP contribution >= 0.6 is 0 Å². The smallest absolute Gasteiger partial charge is 0.270 e. The number of pyridine rings is 2. The van der Waals surface area contributed by atoms with Crippen molar-refractivity contribution in [2.24, 2.45) is 7.05 Å². The monoisotopic (exact) mass is 368 g/mol. The van der Waals surface area contributed by atoms with E-state index in [9.17, 15) is 9.59 Å². The fourth-order valence-corrected chi connectivity index (χ4v) is 4.05. The van der Waals surface area contributed by atoms with Crippen molar-refractivity contribution in [3.63, 3.8) is 0 Å². The molecule has 7 heteroatoms. The van der Waals surface area contributed by atoms with Gasteiger partial charge < -0.3 is 19.5 Å². The number of hydrogen-bond donors (Lipinski definition) is 1. The van der Waals surface area contributed by atoms with Gasteiger partial charge in [0.2, 0.25) is 0 Å². The summed E-state index contributed by atoms with van der Waals surface area (Å²) in [7, 11) is 1.63. The SMILES string of the molecule is Cn1c(C(=O)N2CC[C@@]3(C[C@H](Nc4ccccn4)CCO3)C2)cccc1=O. The molecule has 2 fully saturated rings. The summed E-state index contributed by atoms with van der Waals surface area (Å²) in [4.78, 5) is 30.9. The molecule has 2 aliphatic rings. The predicted molar refractivity (Wildman–Crippen MR) is 102 cm³/mol. The lowest BCUT2D eigenvalue weighted by molar-refractivity contribution is -0.0721. The maximum absolute atomic E-state index is 12.9. The molecule has 2 aromatic heterocycles. The van der Waals surface area contributed by atoms with E-state index >= 15 is 0 Å². The van der Waals surface area contributed by atoms with Gasteiger partial charge in [0.15, 0.2) is 0 Å². The van der Waals surface area contributed by atoms with Crippen LogP contribution in [0.1, 0.15) is 29.8 Å². The summed E-state index contributed by atoms with van der Waals surface area (Å²) < 4.78 is 7.55. The Bertz CT molecular complexity index is 882. The minimum Gasteiger partial charge on any atom is -0.373 e. The van der Waals surface area contributed by atoms with E-state index in [1.807, 2.05) is 18.2 Å². The number of carbonyl (C=O) groups excluding carboxylic acids is 1. The lowest BCUT2D eigenvalue weighted by Gasteiger charge is -2.38. The van der Waals surface area contributed by atoms with Gasteiger partial charge in [-0.3, -0.25) is 9.59 Å². The number of aromatic nitrogens is 2. The Morgan fingerprint density at radius 3 is 3.00 bits per heavy atom. The highest BCUT2D eigenvalue weighted by Gasteiger charge is 2.45. The highest BCUT2D eigenvalue weighted by molar-refractivity contribution is 5.92. The van der Waals surface area contributed by atoms with Gasteiger partial charge in [-0.1, -0.05) is 12.1 Å². The van der Waals surface area contributed by atoms with E-state index in [1.54, 1.807) is 30.3 Å². The molecule has 4 rings (SSSR count). The van der Waals surface area contributed by atoms with Crippen LogP contribution in [-0.2, 0) is 11.8 Å². The van der Waals surface area contributed by atoms with Crippen molar-refractivity contribution in [2.45, 2.75) is 30.9 Å². The quantitative estimate of drug-likeness (QED) is 0.892. The molecule has 0 aliphatic carbocycles. The first-order valence-electron chi connectivity index (χ1n) is 9.33. The van der Waals surface area contributed by atoms with E-state index < -0.39 is 0 Å². The van der Waals surface area contributed by atoms with Crippen molar-refractivity contribution in [3.8, 4) is 0 Å². The second-order valence-electron chi connectivity index (χ2n) is 7.37. The molecule has 2 aromatic rings. The van der Waals surface area contributed by atoms with E-state index in [0.717, 1.165) is 25.1 Å². The summed E-state index contributed by atoms with van der Waals surface area (Å²) in [5.41, 5.74) is -0.0876. The summed E-state index contributed by atoms with van der Waals surface area (Å²) in [5.74, 6) is 0.750. The van der Waals surface area contributed by atoms with Crippen LogP contribution in [0.15, 0.2) is 47.4 Å². The van der Waals surface area contributed by atoms with Crippen LogP contribution in [-0.4, -0.2) is 51.7 Å². The van der Waals surface area contributed by atoms with Crippen LogP contribution in [0.4, 0.5) is 5.82 Å². The summed E-state index contributed by atoms with van der Waals surface area (Å²) in [6, 6.07) is 10.9. The average molecular weight is 368 g/mol. The Hall–Kier alpha value is -2.67. The van der Waals surface area contributed by atoms with Gasteiger partial charge in [0.1, 0.15) is 11.5 Å². The molecule has 2 aliphatic heterocycles. The number of likely N-dealkylation sites (tertiary alicyclic amines) is 1. The molecule has 0 aromatic carbocycles. The summed E-state index contributed by atoms with van der Waals surface area (Å²) in [6.45, 7) is 1.85. The number of ether oxygens (including phenoxy) is 1. The lowest BCUT2D eigenvalue weighted by atomic mass is 9.89. The molecule has 0 saturated carbocycles. The Morgan fingerprint density at radius 1 is 1.30 bits per heavy atom. The molecule has 4 heterocycles. The zero-order valence-corrected chi connectivity index (χ0v) is 15.4. The molecule has 7 nitrogen and oxygen atoms in total. The van der Waals surface area contributed by atoms with E-state index in [0.29, 0.717) is 25.4 Å². The molecule has 1 N–H and O–H groups in total. The van der Waals surface area contributed by atoms with Crippen LogP contribution in [0.25, 0.3) is 0 Å². The van der Waals surface area contributed by atoms with E-state index in [4.69, 9.17) is 4.74 Å². The molecule has 1 amide bonds. The number of nitrogens with zero attached hydrogens (tertiary/aromatic N) is 3. The van der Waals surface area contributed by atoms with Crippen LogP contribution in [0, 0.1) is 0 Å². The van der Waals surface area contributed by atoms with Crippen LogP contribution in [0.3, 0.4) is 0 Å². The maximum Gasteiger partial charge on any atom is 0.270 e. The molecule has 142 valence electrons. The molecule has 0 bridgehead atoms. The van der Waals surface area contributed by atoms with Crippen LogP contribution < -0.4 is 10.9 Å². The Balaban J connectivity index is 1.45. The third-order valence-corrected chi connectivity index (χ3v) is 5.52. The molecule has 1 spiro atoms. The average Bonchev–Trinajstić information content (AvgIpc) is 3.07. The van der Waals surface area contributed by atoms with E-state index in [1.165, 1.54) is 10.6 Å². The third-order valence-electron chi connectivity index (χ3n) is 5.52.